The number of nitrogens with zero attached hydrogens (tertiary/aromatic N) is 1. The van der Waals surface area contributed by atoms with Gasteiger partial charge in [-0.15, -0.1) is 0 Å². The minimum Gasteiger partial charge on any atom is -0.306 e. The highest BCUT2D eigenvalue weighted by Crippen LogP contribution is 2.26. The molecule has 0 unspecified atom stereocenters. The van der Waals surface area contributed by atoms with E-state index in [0.717, 1.165) is 12.0 Å². The number of hydrogen-bond acceptors (Lipinski definition) is 1. The molecule has 2 atom stereocenters. The van der Waals surface area contributed by atoms with Gasteiger partial charge in [-0.2, -0.15) is 0 Å². The molecule has 1 aliphatic carbocycles. The van der Waals surface area contributed by atoms with E-state index in [2.05, 4.69) is 25.9 Å². The van der Waals surface area contributed by atoms with E-state index in [1.54, 1.807) is 0 Å². The smallest absolute Gasteiger partial charge is 0.0115 e. The highest BCUT2D eigenvalue weighted by atomic mass is 15.1. The molecular formula is C9H19N. The molecule has 0 aromatic heterocycles. The van der Waals surface area contributed by atoms with Gasteiger partial charge in [-0.25, -0.2) is 0 Å². The third-order valence-corrected chi connectivity index (χ3v) is 2.73. The van der Waals surface area contributed by atoms with Crippen LogP contribution in [0.5, 0.6) is 0 Å². The molecule has 0 spiro atoms. The molecule has 0 aromatic carbocycles. The van der Waals surface area contributed by atoms with Crippen LogP contribution < -0.4 is 0 Å². The number of rotatable bonds is 1. The average molecular weight is 141 g/mol. The fraction of sp³-hybridized carbons (Fsp3) is 1.00. The van der Waals surface area contributed by atoms with Gasteiger partial charge in [0.25, 0.3) is 0 Å². The fourth-order valence-corrected chi connectivity index (χ4v) is 2.06. The van der Waals surface area contributed by atoms with Gasteiger partial charge in [0.1, 0.15) is 0 Å². The van der Waals surface area contributed by atoms with E-state index in [1.807, 2.05) is 0 Å². The second-order valence-corrected chi connectivity index (χ2v) is 3.79. The maximum absolute atomic E-state index is 2.38. The minimum atomic E-state index is 0.855. The lowest BCUT2D eigenvalue weighted by Crippen LogP contribution is -2.36. The van der Waals surface area contributed by atoms with Crippen LogP contribution in [0.4, 0.5) is 0 Å². The van der Waals surface area contributed by atoms with E-state index in [4.69, 9.17) is 0 Å². The van der Waals surface area contributed by atoms with E-state index >= 15 is 0 Å². The minimum absolute atomic E-state index is 0.855. The van der Waals surface area contributed by atoms with Crippen LogP contribution in [-0.2, 0) is 0 Å². The second-order valence-electron chi connectivity index (χ2n) is 3.79. The lowest BCUT2D eigenvalue weighted by molar-refractivity contribution is 0.167. The maximum atomic E-state index is 2.38. The van der Waals surface area contributed by atoms with Crippen molar-refractivity contribution in [3.05, 3.63) is 0 Å². The van der Waals surface area contributed by atoms with Crippen molar-refractivity contribution in [1.29, 1.82) is 0 Å². The van der Waals surface area contributed by atoms with Gasteiger partial charge in [0.2, 0.25) is 0 Å². The molecule has 0 aromatic rings. The molecule has 1 rings (SSSR count). The molecule has 1 heteroatoms. The molecule has 1 saturated carbocycles. The molecule has 0 heterocycles. The molecule has 0 bridgehead atoms. The van der Waals surface area contributed by atoms with E-state index in [0.29, 0.717) is 0 Å². The maximum Gasteiger partial charge on any atom is 0.0115 e. The molecule has 0 aliphatic heterocycles. The largest absolute Gasteiger partial charge is 0.306 e. The molecule has 0 N–H and O–H groups in total. The van der Waals surface area contributed by atoms with Crippen molar-refractivity contribution >= 4 is 0 Å². The van der Waals surface area contributed by atoms with E-state index < -0.39 is 0 Å². The number of hydrogen-bond donors (Lipinski definition) is 0. The zero-order valence-electron chi connectivity index (χ0n) is 7.43. The molecule has 1 fully saturated rings. The van der Waals surface area contributed by atoms with Gasteiger partial charge in [0, 0.05) is 6.04 Å². The third-order valence-electron chi connectivity index (χ3n) is 2.73. The van der Waals surface area contributed by atoms with Crippen molar-refractivity contribution in [3.8, 4) is 0 Å². The van der Waals surface area contributed by atoms with Gasteiger partial charge >= 0.3 is 0 Å². The predicted octanol–water partition coefficient (Wildman–Crippen LogP) is 2.13. The highest BCUT2D eigenvalue weighted by Gasteiger charge is 2.22. The Labute approximate surface area is 64.4 Å². The Morgan fingerprint density at radius 1 is 1.10 bits per heavy atom. The summed E-state index contributed by atoms with van der Waals surface area (Å²) in [7, 11) is 4.40. The van der Waals surface area contributed by atoms with Crippen molar-refractivity contribution in [2.24, 2.45) is 5.92 Å². The predicted molar refractivity (Wildman–Crippen MR) is 45.1 cm³/mol. The Bertz CT molecular complexity index is 98.9. The van der Waals surface area contributed by atoms with Gasteiger partial charge in [-0.1, -0.05) is 19.8 Å². The monoisotopic (exact) mass is 141 g/mol. The van der Waals surface area contributed by atoms with Crippen LogP contribution in [0.1, 0.15) is 32.6 Å². The molecule has 1 aliphatic rings. The first-order chi connectivity index (χ1) is 4.72. The van der Waals surface area contributed by atoms with Crippen LogP contribution in [0.3, 0.4) is 0 Å². The van der Waals surface area contributed by atoms with Crippen LogP contribution in [0.2, 0.25) is 0 Å². The molecule has 60 valence electrons. The Hall–Kier alpha value is -0.0400. The summed E-state index contributed by atoms with van der Waals surface area (Å²) in [5.41, 5.74) is 0. The van der Waals surface area contributed by atoms with E-state index in [-0.39, 0.29) is 0 Å². The van der Waals surface area contributed by atoms with Crippen molar-refractivity contribution in [2.45, 2.75) is 38.6 Å². The molecule has 1 nitrogen and oxygen atoms in total. The van der Waals surface area contributed by atoms with E-state index in [9.17, 15) is 0 Å². The van der Waals surface area contributed by atoms with Gasteiger partial charge in [0.05, 0.1) is 0 Å². The van der Waals surface area contributed by atoms with Crippen molar-refractivity contribution in [3.63, 3.8) is 0 Å². The standard InChI is InChI=1S/C9H19N/c1-8-6-4-5-7-9(8)10(2)3/h8-9H,4-7H2,1-3H3/t8-,9+/m1/s1. The van der Waals surface area contributed by atoms with Crippen LogP contribution in [0.15, 0.2) is 0 Å². The van der Waals surface area contributed by atoms with Crippen LogP contribution in [0.25, 0.3) is 0 Å². The Balaban J connectivity index is 2.40. The fourth-order valence-electron chi connectivity index (χ4n) is 2.06. The zero-order chi connectivity index (χ0) is 7.56. The summed E-state index contributed by atoms with van der Waals surface area (Å²) in [5, 5.41) is 0. The normalized spacial score (nSPS) is 34.8. The van der Waals surface area contributed by atoms with Gasteiger partial charge in [-0.05, 0) is 32.9 Å². The van der Waals surface area contributed by atoms with Crippen molar-refractivity contribution < 1.29 is 0 Å². The molecule has 10 heavy (non-hydrogen) atoms. The van der Waals surface area contributed by atoms with Crippen molar-refractivity contribution in [1.82, 2.24) is 4.90 Å². The zero-order valence-corrected chi connectivity index (χ0v) is 7.43. The summed E-state index contributed by atoms with van der Waals surface area (Å²) < 4.78 is 0. The lowest BCUT2D eigenvalue weighted by Gasteiger charge is -2.33. The van der Waals surface area contributed by atoms with E-state index in [1.165, 1.54) is 25.7 Å². The summed E-state index contributed by atoms with van der Waals surface area (Å²) in [6.45, 7) is 2.38. The summed E-state index contributed by atoms with van der Waals surface area (Å²) in [4.78, 5) is 2.38. The Morgan fingerprint density at radius 2 is 1.70 bits per heavy atom. The second kappa shape index (κ2) is 3.38. The molecule has 0 amide bonds. The van der Waals surface area contributed by atoms with Gasteiger partial charge in [-0.3, -0.25) is 0 Å². The Morgan fingerprint density at radius 3 is 2.10 bits per heavy atom. The molecule has 0 radical (unpaired) electrons. The summed E-state index contributed by atoms with van der Waals surface area (Å²) in [6, 6.07) is 0.855. The quantitative estimate of drug-likeness (QED) is 0.540. The van der Waals surface area contributed by atoms with Crippen LogP contribution in [0, 0.1) is 5.92 Å². The van der Waals surface area contributed by atoms with Crippen LogP contribution in [-0.4, -0.2) is 25.0 Å². The lowest BCUT2D eigenvalue weighted by atomic mass is 9.85. The third kappa shape index (κ3) is 1.72. The highest BCUT2D eigenvalue weighted by molar-refractivity contribution is 4.77. The van der Waals surface area contributed by atoms with Crippen LogP contribution >= 0.6 is 0 Å². The average Bonchev–Trinajstić information content (AvgIpc) is 1.88. The Kier molecular flexibility index (Phi) is 2.72. The topological polar surface area (TPSA) is 3.24 Å². The first-order valence-electron chi connectivity index (χ1n) is 4.38. The summed E-state index contributed by atoms with van der Waals surface area (Å²) >= 11 is 0. The first-order valence-corrected chi connectivity index (χ1v) is 4.38. The molecule has 0 saturated heterocycles. The van der Waals surface area contributed by atoms with Gasteiger partial charge < -0.3 is 4.90 Å². The summed E-state index contributed by atoms with van der Waals surface area (Å²) in [6.07, 6.45) is 5.73. The van der Waals surface area contributed by atoms with Gasteiger partial charge in [0.15, 0.2) is 0 Å². The summed E-state index contributed by atoms with van der Waals surface area (Å²) in [5.74, 6) is 0.920. The van der Waals surface area contributed by atoms with Crippen molar-refractivity contribution in [2.75, 3.05) is 14.1 Å². The first kappa shape index (κ1) is 8.06. The SMILES string of the molecule is C[C@@H]1CCCC[C@@H]1N(C)C. The molecular weight excluding hydrogens is 122 g/mol.